The highest BCUT2D eigenvalue weighted by atomic mass is 16.6. The molecule has 0 heterocycles. The van der Waals surface area contributed by atoms with Crippen LogP contribution in [-0.2, 0) is 4.74 Å². The Morgan fingerprint density at radius 1 is 1.04 bits per heavy atom. The number of para-hydroxylation sites is 1. The fraction of sp³-hybridized carbons (Fsp3) is 0.348. The summed E-state index contributed by atoms with van der Waals surface area (Å²) in [7, 11) is 0. The second-order valence-electron chi connectivity index (χ2n) is 7.35. The van der Waals surface area contributed by atoms with Gasteiger partial charge in [0.25, 0.3) is 0 Å². The molecule has 2 rings (SSSR count). The van der Waals surface area contributed by atoms with Crippen molar-refractivity contribution in [2.75, 3.05) is 5.32 Å². The molecule has 0 saturated carbocycles. The molecule has 0 atom stereocenters. The molecule has 0 unspecified atom stereocenters. The summed E-state index contributed by atoms with van der Waals surface area (Å²) in [5.74, 6) is 0. The first-order chi connectivity index (χ1) is 12.4. The standard InChI is InChI=1S/C23H29NO2/c1-5-6-12-19(18-13-8-7-9-14-18)17-20-15-10-11-16-21(20)24-22(25)26-23(2,3)4/h7-11,13-17H,5-6,12H2,1-4H3,(H,24,25)/b19-17-. The summed E-state index contributed by atoms with van der Waals surface area (Å²) in [6.45, 7) is 7.77. The van der Waals surface area contributed by atoms with Crippen LogP contribution in [0.4, 0.5) is 10.5 Å². The van der Waals surface area contributed by atoms with Gasteiger partial charge >= 0.3 is 6.09 Å². The third-order valence-corrected chi connectivity index (χ3v) is 3.87. The normalized spacial score (nSPS) is 11.9. The van der Waals surface area contributed by atoms with Gasteiger partial charge in [-0.3, -0.25) is 5.32 Å². The van der Waals surface area contributed by atoms with Crippen LogP contribution in [0, 0.1) is 0 Å². The summed E-state index contributed by atoms with van der Waals surface area (Å²) in [5.41, 5.74) is 3.70. The number of rotatable bonds is 6. The summed E-state index contributed by atoms with van der Waals surface area (Å²) in [4.78, 5) is 12.2. The minimum atomic E-state index is -0.523. The van der Waals surface area contributed by atoms with E-state index in [4.69, 9.17) is 4.74 Å². The van der Waals surface area contributed by atoms with Crippen molar-refractivity contribution < 1.29 is 9.53 Å². The van der Waals surface area contributed by atoms with Crippen molar-refractivity contribution in [1.29, 1.82) is 0 Å². The van der Waals surface area contributed by atoms with E-state index in [2.05, 4.69) is 42.6 Å². The summed E-state index contributed by atoms with van der Waals surface area (Å²) in [6, 6.07) is 18.2. The highest BCUT2D eigenvalue weighted by molar-refractivity contribution is 5.91. The van der Waals surface area contributed by atoms with E-state index >= 15 is 0 Å². The number of hydrogen-bond acceptors (Lipinski definition) is 2. The van der Waals surface area contributed by atoms with Crippen molar-refractivity contribution in [3.63, 3.8) is 0 Å². The topological polar surface area (TPSA) is 38.3 Å². The van der Waals surface area contributed by atoms with Crippen LogP contribution in [0.15, 0.2) is 54.6 Å². The molecular weight excluding hydrogens is 322 g/mol. The van der Waals surface area contributed by atoms with Gasteiger partial charge in [0.1, 0.15) is 5.60 Å². The molecule has 0 aromatic heterocycles. The van der Waals surface area contributed by atoms with Crippen molar-refractivity contribution in [2.24, 2.45) is 0 Å². The van der Waals surface area contributed by atoms with Crippen molar-refractivity contribution in [3.05, 3.63) is 65.7 Å². The Morgan fingerprint density at radius 3 is 2.35 bits per heavy atom. The first kappa shape index (κ1) is 19.8. The zero-order chi connectivity index (χ0) is 19.0. The molecule has 1 N–H and O–H groups in total. The lowest BCUT2D eigenvalue weighted by atomic mass is 9.97. The van der Waals surface area contributed by atoms with Crippen LogP contribution in [0.3, 0.4) is 0 Å². The maximum absolute atomic E-state index is 12.2. The van der Waals surface area contributed by atoms with Gasteiger partial charge in [0.2, 0.25) is 0 Å². The van der Waals surface area contributed by atoms with E-state index in [0.717, 1.165) is 30.5 Å². The summed E-state index contributed by atoms with van der Waals surface area (Å²) < 4.78 is 5.38. The van der Waals surface area contributed by atoms with Crippen molar-refractivity contribution in [3.8, 4) is 0 Å². The first-order valence-corrected chi connectivity index (χ1v) is 9.24. The Balaban J connectivity index is 2.30. The minimum absolute atomic E-state index is 0.437. The Labute approximate surface area is 157 Å². The van der Waals surface area contributed by atoms with E-state index in [1.807, 2.05) is 51.1 Å². The number of amides is 1. The number of carbonyl (C=O) groups excluding carboxylic acids is 1. The molecule has 1 amide bonds. The molecule has 0 fully saturated rings. The largest absolute Gasteiger partial charge is 0.444 e. The lowest BCUT2D eigenvalue weighted by Crippen LogP contribution is -2.27. The fourth-order valence-corrected chi connectivity index (χ4v) is 2.66. The molecule has 0 aliphatic carbocycles. The first-order valence-electron chi connectivity index (χ1n) is 9.24. The molecule has 0 aliphatic heterocycles. The monoisotopic (exact) mass is 351 g/mol. The van der Waals surface area contributed by atoms with E-state index < -0.39 is 11.7 Å². The van der Waals surface area contributed by atoms with Crippen LogP contribution in [0.5, 0.6) is 0 Å². The number of nitrogens with one attached hydrogen (secondary N) is 1. The summed E-state index contributed by atoms with van der Waals surface area (Å²) in [6.07, 6.45) is 5.00. The van der Waals surface area contributed by atoms with Crippen LogP contribution in [0.25, 0.3) is 11.6 Å². The Kier molecular flexibility index (Phi) is 7.02. The zero-order valence-corrected chi connectivity index (χ0v) is 16.2. The zero-order valence-electron chi connectivity index (χ0n) is 16.2. The molecule has 3 heteroatoms. The van der Waals surface area contributed by atoms with E-state index in [1.165, 1.54) is 11.1 Å². The molecule has 0 radical (unpaired) electrons. The number of anilines is 1. The van der Waals surface area contributed by atoms with Gasteiger partial charge in [-0.25, -0.2) is 4.79 Å². The van der Waals surface area contributed by atoms with Crippen LogP contribution in [0.1, 0.15) is 58.1 Å². The van der Waals surface area contributed by atoms with E-state index in [0.29, 0.717) is 0 Å². The van der Waals surface area contributed by atoms with Crippen LogP contribution < -0.4 is 5.32 Å². The molecular formula is C23H29NO2. The van der Waals surface area contributed by atoms with Gasteiger partial charge < -0.3 is 4.74 Å². The van der Waals surface area contributed by atoms with E-state index in [-0.39, 0.29) is 0 Å². The molecule has 2 aromatic carbocycles. The van der Waals surface area contributed by atoms with Crippen LogP contribution >= 0.6 is 0 Å². The van der Waals surface area contributed by atoms with Gasteiger partial charge in [-0.2, -0.15) is 0 Å². The number of hydrogen-bond donors (Lipinski definition) is 1. The Bertz CT molecular complexity index is 742. The van der Waals surface area contributed by atoms with Gasteiger partial charge in [-0.15, -0.1) is 0 Å². The molecule has 0 spiro atoms. The van der Waals surface area contributed by atoms with Gasteiger partial charge in [-0.1, -0.05) is 61.9 Å². The highest BCUT2D eigenvalue weighted by Gasteiger charge is 2.17. The Hall–Kier alpha value is -2.55. The van der Waals surface area contributed by atoms with Gasteiger partial charge in [-0.05, 0) is 62.5 Å². The molecule has 3 nitrogen and oxygen atoms in total. The average Bonchev–Trinajstić information content (AvgIpc) is 2.59. The predicted molar refractivity (Wildman–Crippen MR) is 110 cm³/mol. The predicted octanol–water partition coefficient (Wildman–Crippen LogP) is 6.76. The highest BCUT2D eigenvalue weighted by Crippen LogP contribution is 2.27. The lowest BCUT2D eigenvalue weighted by Gasteiger charge is -2.20. The molecule has 26 heavy (non-hydrogen) atoms. The smallest absolute Gasteiger partial charge is 0.412 e. The summed E-state index contributed by atoms with van der Waals surface area (Å²) >= 11 is 0. The molecule has 0 bridgehead atoms. The fourth-order valence-electron chi connectivity index (χ4n) is 2.66. The van der Waals surface area contributed by atoms with E-state index in [1.54, 1.807) is 0 Å². The number of ether oxygens (including phenoxy) is 1. The van der Waals surface area contributed by atoms with Crippen molar-refractivity contribution in [1.82, 2.24) is 0 Å². The Morgan fingerprint density at radius 2 is 1.69 bits per heavy atom. The molecule has 0 saturated heterocycles. The van der Waals surface area contributed by atoms with Crippen LogP contribution in [-0.4, -0.2) is 11.7 Å². The lowest BCUT2D eigenvalue weighted by molar-refractivity contribution is 0.0636. The van der Waals surface area contributed by atoms with Crippen molar-refractivity contribution >= 4 is 23.4 Å². The third-order valence-electron chi connectivity index (χ3n) is 3.87. The molecule has 2 aromatic rings. The number of carbonyl (C=O) groups is 1. The van der Waals surface area contributed by atoms with Gasteiger partial charge in [0.15, 0.2) is 0 Å². The minimum Gasteiger partial charge on any atom is -0.444 e. The number of allylic oxidation sites excluding steroid dienone is 1. The number of benzene rings is 2. The van der Waals surface area contributed by atoms with Gasteiger partial charge in [0.05, 0.1) is 5.69 Å². The van der Waals surface area contributed by atoms with E-state index in [9.17, 15) is 4.79 Å². The number of unbranched alkanes of at least 4 members (excludes halogenated alkanes) is 1. The summed E-state index contributed by atoms with van der Waals surface area (Å²) in [5, 5.41) is 2.87. The third kappa shape index (κ3) is 6.40. The van der Waals surface area contributed by atoms with Crippen molar-refractivity contribution in [2.45, 2.75) is 52.6 Å². The average molecular weight is 351 g/mol. The SMILES string of the molecule is CCCC/C(=C/c1ccccc1NC(=O)OC(C)(C)C)c1ccccc1. The quantitative estimate of drug-likeness (QED) is 0.584. The second kappa shape index (κ2) is 9.23. The maximum Gasteiger partial charge on any atom is 0.412 e. The maximum atomic E-state index is 12.2. The van der Waals surface area contributed by atoms with Crippen LogP contribution in [0.2, 0.25) is 0 Å². The molecule has 138 valence electrons. The molecule has 0 aliphatic rings. The van der Waals surface area contributed by atoms with Gasteiger partial charge in [0, 0.05) is 0 Å². The second-order valence-corrected chi connectivity index (χ2v) is 7.35.